The number of rotatable bonds is 9. The first-order valence-corrected chi connectivity index (χ1v) is 10.3. The second kappa shape index (κ2) is 10.6. The lowest BCUT2D eigenvalue weighted by Gasteiger charge is -2.07. The van der Waals surface area contributed by atoms with Crippen molar-refractivity contribution in [3.63, 3.8) is 0 Å². The van der Waals surface area contributed by atoms with E-state index in [9.17, 15) is 9.59 Å². The molecule has 0 aliphatic rings. The number of amides is 2. The van der Waals surface area contributed by atoms with Gasteiger partial charge in [0.05, 0.1) is 0 Å². The highest BCUT2D eigenvalue weighted by molar-refractivity contribution is 6.30. The monoisotopic (exact) mass is 441 g/mol. The Kier molecular flexibility index (Phi) is 7.67. The van der Waals surface area contributed by atoms with Gasteiger partial charge in [-0.25, -0.2) is 0 Å². The van der Waals surface area contributed by atoms with Crippen LogP contribution in [0.4, 0.5) is 5.69 Å². The predicted octanol–water partition coefficient (Wildman–Crippen LogP) is 4.94. The standard InChI is InChI=1S/C23H24ClN3O4/c1-15(2)11-12-25-23(29)21-13-20(31-27-21)14-30-19-9-7-18(8-10-19)26-22(28)16-3-5-17(24)6-4-16/h3-10,13,15H,11-12,14H2,1-2H3,(H,25,29)(H,26,28). The Morgan fingerprint density at radius 1 is 1.06 bits per heavy atom. The van der Waals surface area contributed by atoms with E-state index in [1.165, 1.54) is 0 Å². The zero-order valence-corrected chi connectivity index (χ0v) is 18.1. The summed E-state index contributed by atoms with van der Waals surface area (Å²) < 4.78 is 10.8. The van der Waals surface area contributed by atoms with E-state index in [-0.39, 0.29) is 24.1 Å². The Morgan fingerprint density at radius 2 is 1.77 bits per heavy atom. The number of hydrogen-bond donors (Lipinski definition) is 2. The van der Waals surface area contributed by atoms with E-state index in [1.807, 2.05) is 0 Å². The Morgan fingerprint density at radius 3 is 2.45 bits per heavy atom. The fourth-order valence-corrected chi connectivity index (χ4v) is 2.77. The first-order chi connectivity index (χ1) is 14.9. The largest absolute Gasteiger partial charge is 0.486 e. The molecule has 31 heavy (non-hydrogen) atoms. The number of hydrogen-bond acceptors (Lipinski definition) is 5. The molecule has 0 spiro atoms. The third kappa shape index (κ3) is 6.86. The van der Waals surface area contributed by atoms with Gasteiger partial charge in [-0.2, -0.15) is 0 Å². The van der Waals surface area contributed by atoms with E-state index in [0.29, 0.717) is 40.2 Å². The molecule has 0 aliphatic carbocycles. The number of carbonyl (C=O) groups excluding carboxylic acids is 2. The Bertz CT molecular complexity index is 1010. The van der Waals surface area contributed by atoms with Crippen LogP contribution in [0.2, 0.25) is 5.02 Å². The molecule has 0 aliphatic heterocycles. The molecular formula is C23H24ClN3O4. The van der Waals surface area contributed by atoms with E-state index < -0.39 is 0 Å². The quantitative estimate of drug-likeness (QED) is 0.490. The normalized spacial score (nSPS) is 10.7. The molecular weight excluding hydrogens is 418 g/mol. The lowest BCUT2D eigenvalue weighted by atomic mass is 10.1. The molecule has 2 aromatic carbocycles. The Labute approximate surface area is 185 Å². The zero-order chi connectivity index (χ0) is 22.2. The molecule has 0 fully saturated rings. The van der Waals surface area contributed by atoms with Crippen molar-refractivity contribution in [1.29, 1.82) is 0 Å². The molecule has 162 valence electrons. The van der Waals surface area contributed by atoms with Gasteiger partial charge in [-0.1, -0.05) is 30.6 Å². The maximum absolute atomic E-state index is 12.2. The topological polar surface area (TPSA) is 93.5 Å². The van der Waals surface area contributed by atoms with E-state index in [1.54, 1.807) is 54.6 Å². The van der Waals surface area contributed by atoms with Crippen LogP contribution in [0.1, 0.15) is 46.9 Å². The van der Waals surface area contributed by atoms with Gasteiger partial charge >= 0.3 is 0 Å². The molecule has 1 heterocycles. The number of anilines is 1. The SMILES string of the molecule is CC(C)CCNC(=O)c1cc(COc2ccc(NC(=O)c3ccc(Cl)cc3)cc2)on1. The molecule has 0 radical (unpaired) electrons. The van der Waals surface area contributed by atoms with Gasteiger partial charge in [-0.05, 0) is 60.9 Å². The van der Waals surface area contributed by atoms with E-state index >= 15 is 0 Å². The highest BCUT2D eigenvalue weighted by Crippen LogP contribution is 2.18. The van der Waals surface area contributed by atoms with Crippen molar-refractivity contribution in [1.82, 2.24) is 10.5 Å². The van der Waals surface area contributed by atoms with Crippen LogP contribution in [0.5, 0.6) is 5.75 Å². The molecule has 0 saturated heterocycles. The molecule has 3 aromatic rings. The number of nitrogens with one attached hydrogen (secondary N) is 2. The number of aromatic nitrogens is 1. The predicted molar refractivity (Wildman–Crippen MR) is 118 cm³/mol. The van der Waals surface area contributed by atoms with Crippen LogP contribution in [-0.2, 0) is 6.61 Å². The molecule has 1 aromatic heterocycles. The summed E-state index contributed by atoms with van der Waals surface area (Å²) in [7, 11) is 0. The van der Waals surface area contributed by atoms with Gasteiger partial charge in [0.1, 0.15) is 12.4 Å². The molecule has 2 amide bonds. The van der Waals surface area contributed by atoms with E-state index in [0.717, 1.165) is 6.42 Å². The molecule has 8 heteroatoms. The van der Waals surface area contributed by atoms with E-state index in [4.69, 9.17) is 20.9 Å². The molecule has 0 atom stereocenters. The van der Waals surface area contributed by atoms with Crippen molar-refractivity contribution in [2.24, 2.45) is 5.92 Å². The lowest BCUT2D eigenvalue weighted by molar-refractivity contribution is 0.0941. The summed E-state index contributed by atoms with van der Waals surface area (Å²) in [6.07, 6.45) is 0.899. The fraction of sp³-hybridized carbons (Fsp3) is 0.261. The molecule has 2 N–H and O–H groups in total. The third-order valence-corrected chi connectivity index (χ3v) is 4.65. The summed E-state index contributed by atoms with van der Waals surface area (Å²) in [4.78, 5) is 24.3. The minimum Gasteiger partial charge on any atom is -0.486 e. The number of benzene rings is 2. The van der Waals surface area contributed by atoms with Crippen molar-refractivity contribution in [2.75, 3.05) is 11.9 Å². The van der Waals surface area contributed by atoms with Gasteiger partial charge < -0.3 is 19.9 Å². The van der Waals surface area contributed by atoms with Crippen molar-refractivity contribution >= 4 is 29.1 Å². The van der Waals surface area contributed by atoms with Crippen molar-refractivity contribution in [3.8, 4) is 5.75 Å². The summed E-state index contributed by atoms with van der Waals surface area (Å²) in [5.41, 5.74) is 1.37. The Balaban J connectivity index is 1.48. The van der Waals surface area contributed by atoms with Gasteiger partial charge in [0.15, 0.2) is 11.5 Å². The molecule has 0 unspecified atom stereocenters. The van der Waals surface area contributed by atoms with Crippen molar-refractivity contribution in [3.05, 3.63) is 76.6 Å². The summed E-state index contributed by atoms with van der Waals surface area (Å²) in [5, 5.41) is 9.98. The first kappa shape index (κ1) is 22.4. The van der Waals surface area contributed by atoms with Gasteiger partial charge in [0.2, 0.25) is 0 Å². The summed E-state index contributed by atoms with van der Waals surface area (Å²) in [5.74, 6) is 1.04. The van der Waals surface area contributed by atoms with Crippen LogP contribution in [-0.4, -0.2) is 23.5 Å². The fourth-order valence-electron chi connectivity index (χ4n) is 2.65. The second-order valence-electron chi connectivity index (χ2n) is 7.39. The first-order valence-electron chi connectivity index (χ1n) is 9.94. The molecule has 7 nitrogen and oxygen atoms in total. The third-order valence-electron chi connectivity index (χ3n) is 4.40. The molecule has 0 bridgehead atoms. The van der Waals surface area contributed by atoms with Crippen LogP contribution < -0.4 is 15.4 Å². The van der Waals surface area contributed by atoms with Crippen LogP contribution in [0.25, 0.3) is 0 Å². The lowest BCUT2D eigenvalue weighted by Crippen LogP contribution is -2.25. The van der Waals surface area contributed by atoms with Gasteiger partial charge in [-0.3, -0.25) is 9.59 Å². The summed E-state index contributed by atoms with van der Waals surface area (Å²) in [6.45, 7) is 4.91. The molecule has 3 rings (SSSR count). The highest BCUT2D eigenvalue weighted by atomic mass is 35.5. The van der Waals surface area contributed by atoms with Crippen LogP contribution in [0, 0.1) is 5.92 Å². The number of ether oxygens (including phenoxy) is 1. The maximum Gasteiger partial charge on any atom is 0.273 e. The number of nitrogens with zero attached hydrogens (tertiary/aromatic N) is 1. The van der Waals surface area contributed by atoms with Crippen LogP contribution >= 0.6 is 11.6 Å². The highest BCUT2D eigenvalue weighted by Gasteiger charge is 2.13. The van der Waals surface area contributed by atoms with Crippen LogP contribution in [0.3, 0.4) is 0 Å². The van der Waals surface area contributed by atoms with E-state index in [2.05, 4.69) is 29.6 Å². The minimum atomic E-state index is -0.267. The van der Waals surface area contributed by atoms with Gasteiger partial charge in [-0.15, -0.1) is 0 Å². The van der Waals surface area contributed by atoms with Gasteiger partial charge in [0.25, 0.3) is 11.8 Å². The van der Waals surface area contributed by atoms with Gasteiger partial charge in [0, 0.05) is 28.9 Å². The Hall–Kier alpha value is -3.32. The van der Waals surface area contributed by atoms with Crippen molar-refractivity contribution < 1.29 is 18.8 Å². The average Bonchev–Trinajstić information content (AvgIpc) is 3.22. The zero-order valence-electron chi connectivity index (χ0n) is 17.4. The molecule has 0 saturated carbocycles. The second-order valence-corrected chi connectivity index (χ2v) is 7.83. The smallest absolute Gasteiger partial charge is 0.273 e. The number of carbonyl (C=O) groups is 2. The van der Waals surface area contributed by atoms with Crippen LogP contribution in [0.15, 0.2) is 59.1 Å². The summed E-state index contributed by atoms with van der Waals surface area (Å²) >= 11 is 5.84. The summed E-state index contributed by atoms with van der Waals surface area (Å²) in [6, 6.07) is 15.1. The minimum absolute atomic E-state index is 0.128. The van der Waals surface area contributed by atoms with Crippen molar-refractivity contribution in [2.45, 2.75) is 26.9 Å². The number of halogens is 1. The average molecular weight is 442 g/mol. The maximum atomic E-state index is 12.2.